The fraction of sp³-hybridized carbons (Fsp3) is 0.500. The summed E-state index contributed by atoms with van der Waals surface area (Å²) in [7, 11) is 0. The fourth-order valence-electron chi connectivity index (χ4n) is 3.42. The maximum absolute atomic E-state index is 6.12. The zero-order valence-electron chi connectivity index (χ0n) is 11.0. The quantitative estimate of drug-likeness (QED) is 0.881. The molecular weight excluding hydrogens is 281 g/mol. The van der Waals surface area contributed by atoms with E-state index in [0.717, 1.165) is 6.54 Å². The number of hydrogen-bond donors (Lipinski definition) is 2. The van der Waals surface area contributed by atoms with Crippen molar-refractivity contribution in [3.05, 3.63) is 33.8 Å². The molecule has 1 aromatic rings. The normalized spacial score (nSPS) is 31.8. The van der Waals surface area contributed by atoms with Crippen LogP contribution in [0.1, 0.15) is 25.3 Å². The Labute approximate surface area is 123 Å². The predicted molar refractivity (Wildman–Crippen MR) is 79.9 cm³/mol. The highest BCUT2D eigenvalue weighted by molar-refractivity contribution is 6.42. The molecule has 0 spiro atoms. The van der Waals surface area contributed by atoms with Crippen molar-refractivity contribution < 1.29 is 0 Å². The zero-order valence-corrected chi connectivity index (χ0v) is 12.5. The summed E-state index contributed by atoms with van der Waals surface area (Å²) in [5.41, 5.74) is 7.17. The van der Waals surface area contributed by atoms with E-state index in [4.69, 9.17) is 28.9 Å². The van der Waals surface area contributed by atoms with E-state index in [1.165, 1.54) is 5.56 Å². The minimum absolute atomic E-state index is 0.220. The van der Waals surface area contributed by atoms with E-state index < -0.39 is 0 Å². The Kier molecular flexibility index (Phi) is 2.95. The highest BCUT2D eigenvalue weighted by atomic mass is 35.5. The van der Waals surface area contributed by atoms with Crippen molar-refractivity contribution >= 4 is 29.2 Å². The van der Waals surface area contributed by atoms with Crippen molar-refractivity contribution in [1.82, 2.24) is 5.32 Å². The molecule has 1 aromatic carbocycles. The van der Waals surface area contributed by atoms with Crippen molar-refractivity contribution in [2.24, 2.45) is 22.1 Å². The second-order valence-corrected chi connectivity index (χ2v) is 6.78. The van der Waals surface area contributed by atoms with Crippen LogP contribution in [-0.4, -0.2) is 18.5 Å². The van der Waals surface area contributed by atoms with Gasteiger partial charge in [-0.05, 0) is 34.9 Å². The number of rotatable bonds is 2. The number of nitrogens with two attached hydrogens (primary N) is 1. The van der Waals surface area contributed by atoms with Crippen molar-refractivity contribution in [2.45, 2.75) is 25.8 Å². The Balaban J connectivity index is 1.87. The van der Waals surface area contributed by atoms with Gasteiger partial charge in [0, 0.05) is 6.54 Å². The SMILES string of the molecule is CC1(C)[C@H](c2ccc(Cl)c(Cl)c2)[C@H]1C1CNC(N)=N1. The summed E-state index contributed by atoms with van der Waals surface area (Å²) in [6.45, 7) is 5.38. The Hall–Kier alpha value is -0.930. The molecule has 3 rings (SSSR count). The Bertz CT molecular complexity index is 554. The van der Waals surface area contributed by atoms with Gasteiger partial charge in [0.2, 0.25) is 0 Å². The van der Waals surface area contributed by atoms with Crippen LogP contribution in [0.4, 0.5) is 0 Å². The Morgan fingerprint density at radius 2 is 2.05 bits per heavy atom. The van der Waals surface area contributed by atoms with Gasteiger partial charge in [-0.15, -0.1) is 0 Å². The van der Waals surface area contributed by atoms with Crippen molar-refractivity contribution in [3.63, 3.8) is 0 Å². The predicted octanol–water partition coefficient (Wildman–Crippen LogP) is 3.02. The van der Waals surface area contributed by atoms with Gasteiger partial charge >= 0.3 is 0 Å². The number of aliphatic imine (C=N–C) groups is 1. The number of guanidine groups is 1. The van der Waals surface area contributed by atoms with Crippen LogP contribution in [0.3, 0.4) is 0 Å². The third-order valence-electron chi connectivity index (χ3n) is 4.43. The summed E-state index contributed by atoms with van der Waals surface area (Å²) in [6, 6.07) is 6.17. The summed E-state index contributed by atoms with van der Waals surface area (Å²) in [4.78, 5) is 4.49. The lowest BCUT2D eigenvalue weighted by molar-refractivity contribution is 0.491. The second-order valence-electron chi connectivity index (χ2n) is 5.96. The molecule has 3 N–H and O–H groups in total. The molecule has 102 valence electrons. The Morgan fingerprint density at radius 3 is 2.63 bits per heavy atom. The van der Waals surface area contributed by atoms with Crippen LogP contribution in [0.25, 0.3) is 0 Å². The van der Waals surface area contributed by atoms with Crippen molar-refractivity contribution in [3.8, 4) is 0 Å². The number of nitrogens with one attached hydrogen (secondary N) is 1. The van der Waals surface area contributed by atoms with Crippen LogP contribution in [0, 0.1) is 11.3 Å². The highest BCUT2D eigenvalue weighted by Crippen LogP contribution is 2.66. The topological polar surface area (TPSA) is 50.4 Å². The molecule has 0 aromatic heterocycles. The van der Waals surface area contributed by atoms with Crippen LogP contribution < -0.4 is 11.1 Å². The van der Waals surface area contributed by atoms with Crippen molar-refractivity contribution in [2.75, 3.05) is 6.54 Å². The third kappa shape index (κ3) is 2.09. The summed E-state index contributed by atoms with van der Waals surface area (Å²) < 4.78 is 0. The first kappa shape index (κ1) is 13.1. The molecule has 3 atom stereocenters. The van der Waals surface area contributed by atoms with Gasteiger partial charge < -0.3 is 11.1 Å². The molecular formula is C14H17Cl2N3. The van der Waals surface area contributed by atoms with Gasteiger partial charge in [-0.1, -0.05) is 43.1 Å². The fourth-order valence-corrected chi connectivity index (χ4v) is 3.73. The average Bonchev–Trinajstić information content (AvgIpc) is 2.67. The first-order valence-corrected chi connectivity index (χ1v) is 7.19. The maximum Gasteiger partial charge on any atom is 0.189 e. The minimum Gasteiger partial charge on any atom is -0.370 e. The summed E-state index contributed by atoms with van der Waals surface area (Å²) in [5, 5.41) is 4.32. The molecule has 1 unspecified atom stereocenters. The van der Waals surface area contributed by atoms with Crippen molar-refractivity contribution in [1.29, 1.82) is 0 Å². The molecule has 19 heavy (non-hydrogen) atoms. The molecule has 1 fully saturated rings. The van der Waals surface area contributed by atoms with E-state index in [-0.39, 0.29) is 11.5 Å². The molecule has 3 nitrogen and oxygen atoms in total. The average molecular weight is 298 g/mol. The molecule has 0 radical (unpaired) electrons. The largest absolute Gasteiger partial charge is 0.370 e. The van der Waals surface area contributed by atoms with Crippen LogP contribution in [0.2, 0.25) is 10.0 Å². The van der Waals surface area contributed by atoms with Crippen LogP contribution in [-0.2, 0) is 0 Å². The highest BCUT2D eigenvalue weighted by Gasteiger charge is 2.61. The molecule has 5 heteroatoms. The summed E-state index contributed by atoms with van der Waals surface area (Å²) >= 11 is 12.1. The molecule has 1 aliphatic heterocycles. The Morgan fingerprint density at radius 1 is 1.32 bits per heavy atom. The monoisotopic (exact) mass is 297 g/mol. The second kappa shape index (κ2) is 4.29. The number of nitrogens with zero attached hydrogens (tertiary/aromatic N) is 1. The molecule has 1 heterocycles. The molecule has 0 bridgehead atoms. The van der Waals surface area contributed by atoms with E-state index in [1.54, 1.807) is 0 Å². The third-order valence-corrected chi connectivity index (χ3v) is 5.16. The molecule has 1 saturated carbocycles. The van der Waals surface area contributed by atoms with Gasteiger partial charge in [0.1, 0.15) is 0 Å². The van der Waals surface area contributed by atoms with Crippen LogP contribution in [0.15, 0.2) is 23.2 Å². The smallest absolute Gasteiger partial charge is 0.189 e. The first-order valence-electron chi connectivity index (χ1n) is 6.43. The molecule has 1 aliphatic carbocycles. The lowest BCUT2D eigenvalue weighted by Crippen LogP contribution is -2.28. The summed E-state index contributed by atoms with van der Waals surface area (Å²) in [5.74, 6) is 1.52. The van der Waals surface area contributed by atoms with Gasteiger partial charge in [0.05, 0.1) is 16.1 Å². The van der Waals surface area contributed by atoms with Gasteiger partial charge in [-0.25, -0.2) is 4.99 Å². The van der Waals surface area contributed by atoms with E-state index in [1.807, 2.05) is 12.1 Å². The maximum atomic E-state index is 6.12. The number of halogens is 2. The van der Waals surface area contributed by atoms with E-state index in [9.17, 15) is 0 Å². The molecule has 0 amide bonds. The zero-order chi connectivity index (χ0) is 13.8. The van der Waals surface area contributed by atoms with Crippen LogP contribution in [0.5, 0.6) is 0 Å². The van der Waals surface area contributed by atoms with Gasteiger partial charge in [0.25, 0.3) is 0 Å². The first-order chi connectivity index (χ1) is 8.91. The van der Waals surface area contributed by atoms with E-state index >= 15 is 0 Å². The number of benzene rings is 1. The summed E-state index contributed by atoms with van der Waals surface area (Å²) in [6.07, 6.45) is 0. The van der Waals surface area contributed by atoms with E-state index in [0.29, 0.717) is 27.8 Å². The number of hydrogen-bond acceptors (Lipinski definition) is 3. The van der Waals surface area contributed by atoms with Gasteiger partial charge in [-0.2, -0.15) is 0 Å². The molecule has 2 aliphatic rings. The van der Waals surface area contributed by atoms with Gasteiger partial charge in [0.15, 0.2) is 5.96 Å². The van der Waals surface area contributed by atoms with E-state index in [2.05, 4.69) is 30.2 Å². The minimum atomic E-state index is 0.220. The lowest BCUT2D eigenvalue weighted by atomic mass is 10.0. The lowest BCUT2D eigenvalue weighted by Gasteiger charge is -2.06. The standard InChI is InChI=1S/C14H17Cl2N3/c1-14(2)11(7-3-4-8(15)9(16)5-7)12(14)10-6-18-13(17)19-10/h3-5,10-12H,6H2,1-2H3,(H3,17,18,19)/t10?,11-,12-/m1/s1. The van der Waals surface area contributed by atoms with Gasteiger partial charge in [-0.3, -0.25) is 0 Å². The van der Waals surface area contributed by atoms with Crippen LogP contribution >= 0.6 is 23.2 Å². The molecule has 0 saturated heterocycles.